The second kappa shape index (κ2) is 5.69. The average molecular weight is 248 g/mol. The summed E-state index contributed by atoms with van der Waals surface area (Å²) in [4.78, 5) is 10.8. The van der Waals surface area contributed by atoms with E-state index >= 15 is 0 Å². The van der Waals surface area contributed by atoms with Crippen molar-refractivity contribution in [2.75, 3.05) is 20.3 Å². The van der Waals surface area contributed by atoms with Gasteiger partial charge in [-0.3, -0.25) is 4.18 Å². The SMILES string of the molecule is CNC(=O)OC[C@H]1C#CCCOS(=O)(=O)N1. The van der Waals surface area contributed by atoms with E-state index in [-0.39, 0.29) is 13.2 Å². The van der Waals surface area contributed by atoms with Gasteiger partial charge >= 0.3 is 16.4 Å². The lowest BCUT2D eigenvalue weighted by Gasteiger charge is -2.14. The van der Waals surface area contributed by atoms with E-state index in [9.17, 15) is 13.2 Å². The van der Waals surface area contributed by atoms with Crippen LogP contribution in [-0.2, 0) is 19.2 Å². The molecule has 0 aliphatic carbocycles. The highest BCUT2D eigenvalue weighted by molar-refractivity contribution is 7.84. The highest BCUT2D eigenvalue weighted by Crippen LogP contribution is 1.98. The molecule has 1 aliphatic heterocycles. The van der Waals surface area contributed by atoms with Crippen molar-refractivity contribution in [3.05, 3.63) is 0 Å². The lowest BCUT2D eigenvalue weighted by atomic mass is 10.3. The van der Waals surface area contributed by atoms with Gasteiger partial charge in [-0.1, -0.05) is 11.8 Å². The zero-order chi connectivity index (χ0) is 12.0. The van der Waals surface area contributed by atoms with E-state index in [1.807, 2.05) is 0 Å². The lowest BCUT2D eigenvalue weighted by molar-refractivity contribution is 0.144. The van der Waals surface area contributed by atoms with Crippen LogP contribution in [0.5, 0.6) is 0 Å². The fraction of sp³-hybridized carbons (Fsp3) is 0.625. The summed E-state index contributed by atoms with van der Waals surface area (Å²) < 4.78 is 33.7. The largest absolute Gasteiger partial charge is 0.447 e. The zero-order valence-electron chi connectivity index (χ0n) is 8.65. The summed E-state index contributed by atoms with van der Waals surface area (Å²) in [5.41, 5.74) is 0. The Morgan fingerprint density at radius 2 is 2.44 bits per heavy atom. The van der Waals surface area contributed by atoms with Gasteiger partial charge in [0.2, 0.25) is 0 Å². The number of ether oxygens (including phenoxy) is 1. The zero-order valence-corrected chi connectivity index (χ0v) is 9.46. The number of nitrogens with one attached hydrogen (secondary N) is 2. The fourth-order valence-corrected chi connectivity index (χ4v) is 1.79. The van der Waals surface area contributed by atoms with Gasteiger partial charge in [0.1, 0.15) is 12.6 Å². The Morgan fingerprint density at radius 3 is 3.12 bits per heavy atom. The molecule has 2 N–H and O–H groups in total. The average Bonchev–Trinajstić information content (AvgIpc) is 2.21. The third-order valence-electron chi connectivity index (χ3n) is 1.61. The van der Waals surface area contributed by atoms with Crippen LogP contribution in [0.1, 0.15) is 6.42 Å². The smallest absolute Gasteiger partial charge is 0.406 e. The minimum absolute atomic E-state index is 0.0192. The lowest BCUT2D eigenvalue weighted by Crippen LogP contribution is -2.40. The molecular weight excluding hydrogens is 236 g/mol. The van der Waals surface area contributed by atoms with Crippen LogP contribution in [-0.4, -0.2) is 40.8 Å². The van der Waals surface area contributed by atoms with Gasteiger partial charge < -0.3 is 10.1 Å². The Balaban J connectivity index is 2.58. The Bertz CT molecular complexity index is 408. The van der Waals surface area contributed by atoms with Crippen molar-refractivity contribution in [1.82, 2.24) is 10.0 Å². The molecule has 7 nitrogen and oxygen atoms in total. The van der Waals surface area contributed by atoms with Gasteiger partial charge in [0.25, 0.3) is 0 Å². The highest BCUT2D eigenvalue weighted by atomic mass is 32.2. The molecule has 0 aromatic carbocycles. The van der Waals surface area contributed by atoms with Crippen molar-refractivity contribution in [3.8, 4) is 11.8 Å². The molecule has 0 saturated carbocycles. The number of carbonyl (C=O) groups is 1. The second-order valence-corrected chi connectivity index (χ2v) is 4.25. The number of amides is 1. The van der Waals surface area contributed by atoms with Crippen LogP contribution in [0.4, 0.5) is 4.79 Å². The Kier molecular flexibility index (Phi) is 4.54. The summed E-state index contributed by atoms with van der Waals surface area (Å²) in [6.07, 6.45) is -0.332. The predicted octanol–water partition coefficient (Wildman–Crippen LogP) is -1.03. The van der Waals surface area contributed by atoms with Gasteiger partial charge in [-0.15, -0.1) is 0 Å². The molecule has 0 unspecified atom stereocenters. The van der Waals surface area contributed by atoms with Crippen molar-refractivity contribution < 1.29 is 22.1 Å². The third kappa shape index (κ3) is 4.48. The molecule has 1 amide bonds. The van der Waals surface area contributed by atoms with Crippen LogP contribution in [0.15, 0.2) is 0 Å². The van der Waals surface area contributed by atoms with Crippen molar-refractivity contribution in [3.63, 3.8) is 0 Å². The summed E-state index contributed by atoms with van der Waals surface area (Å²) in [7, 11) is -2.41. The van der Waals surface area contributed by atoms with Crippen molar-refractivity contribution in [2.45, 2.75) is 12.5 Å². The standard InChI is InChI=1S/C8H12N2O5S/c1-9-8(11)14-6-7-4-2-3-5-15-16(12,13)10-7/h7,10H,3,5-6H2,1H3,(H,9,11)/t7-/m1/s1. The van der Waals surface area contributed by atoms with Crippen LogP contribution in [0, 0.1) is 11.8 Å². The maximum absolute atomic E-state index is 11.2. The number of hydrogen-bond acceptors (Lipinski definition) is 5. The molecule has 0 aromatic rings. The summed E-state index contributed by atoms with van der Waals surface area (Å²) in [6, 6.07) is -0.789. The summed E-state index contributed by atoms with van der Waals surface area (Å²) in [5, 5.41) is 2.24. The summed E-state index contributed by atoms with van der Waals surface area (Å²) in [6.45, 7) is -0.152. The highest BCUT2D eigenvalue weighted by Gasteiger charge is 2.19. The first-order valence-corrected chi connectivity index (χ1v) is 5.94. The van der Waals surface area contributed by atoms with E-state index < -0.39 is 22.4 Å². The van der Waals surface area contributed by atoms with Crippen LogP contribution in [0.2, 0.25) is 0 Å². The summed E-state index contributed by atoms with van der Waals surface area (Å²) >= 11 is 0. The van der Waals surface area contributed by atoms with E-state index in [0.717, 1.165) is 0 Å². The quantitative estimate of drug-likeness (QED) is 0.609. The molecule has 0 spiro atoms. The molecule has 0 radical (unpaired) electrons. The molecular formula is C8H12N2O5S. The molecule has 0 saturated heterocycles. The number of alkyl carbamates (subject to hydrolysis) is 1. The first-order valence-electron chi connectivity index (χ1n) is 4.53. The molecule has 1 atom stereocenters. The first kappa shape index (κ1) is 12.8. The van der Waals surface area contributed by atoms with Gasteiger partial charge in [-0.2, -0.15) is 13.1 Å². The van der Waals surface area contributed by atoms with Crippen LogP contribution < -0.4 is 10.0 Å². The Labute approximate surface area is 93.7 Å². The first-order chi connectivity index (χ1) is 7.53. The van der Waals surface area contributed by atoms with Gasteiger partial charge in [0, 0.05) is 13.5 Å². The minimum atomic E-state index is -3.81. The Morgan fingerprint density at radius 1 is 1.69 bits per heavy atom. The fourth-order valence-electron chi connectivity index (χ4n) is 0.942. The molecule has 1 heterocycles. The molecule has 0 aromatic heterocycles. The molecule has 16 heavy (non-hydrogen) atoms. The summed E-state index contributed by atoms with van der Waals surface area (Å²) in [5.74, 6) is 5.33. The van der Waals surface area contributed by atoms with Gasteiger partial charge in [0.05, 0.1) is 6.61 Å². The molecule has 90 valence electrons. The van der Waals surface area contributed by atoms with Crippen molar-refractivity contribution in [1.29, 1.82) is 0 Å². The van der Waals surface area contributed by atoms with E-state index in [1.165, 1.54) is 7.05 Å². The molecule has 0 fully saturated rings. The van der Waals surface area contributed by atoms with E-state index in [2.05, 4.69) is 30.8 Å². The van der Waals surface area contributed by atoms with Crippen LogP contribution in [0.3, 0.4) is 0 Å². The molecule has 8 heteroatoms. The Hall–Kier alpha value is -1.30. The van der Waals surface area contributed by atoms with Crippen LogP contribution in [0.25, 0.3) is 0 Å². The molecule has 1 rings (SSSR count). The monoisotopic (exact) mass is 248 g/mol. The number of carbonyl (C=O) groups excluding carboxylic acids is 1. The maximum atomic E-state index is 11.2. The van der Waals surface area contributed by atoms with Gasteiger partial charge in [-0.05, 0) is 0 Å². The van der Waals surface area contributed by atoms with Gasteiger partial charge in [0.15, 0.2) is 0 Å². The van der Waals surface area contributed by atoms with Gasteiger partial charge in [-0.25, -0.2) is 4.79 Å². The minimum Gasteiger partial charge on any atom is -0.447 e. The van der Waals surface area contributed by atoms with E-state index in [1.54, 1.807) is 0 Å². The normalized spacial score (nSPS) is 23.2. The predicted molar refractivity (Wildman–Crippen MR) is 54.6 cm³/mol. The third-order valence-corrected chi connectivity index (χ3v) is 2.66. The molecule has 1 aliphatic rings. The number of rotatable bonds is 2. The van der Waals surface area contributed by atoms with Crippen LogP contribution >= 0.6 is 0 Å². The van der Waals surface area contributed by atoms with E-state index in [0.29, 0.717) is 6.42 Å². The molecule has 0 bridgehead atoms. The number of hydrogen-bond donors (Lipinski definition) is 2. The van der Waals surface area contributed by atoms with Crippen molar-refractivity contribution >= 4 is 16.4 Å². The second-order valence-electron chi connectivity index (χ2n) is 2.87. The van der Waals surface area contributed by atoms with E-state index in [4.69, 9.17) is 0 Å². The topological polar surface area (TPSA) is 93.7 Å². The maximum Gasteiger partial charge on any atom is 0.406 e. The van der Waals surface area contributed by atoms with Crippen molar-refractivity contribution in [2.24, 2.45) is 0 Å².